The summed E-state index contributed by atoms with van der Waals surface area (Å²) in [6.45, 7) is 14.1. The first-order valence-electron chi connectivity index (χ1n) is 13.2. The number of benzene rings is 3. The Morgan fingerprint density at radius 2 is 1.27 bits per heavy atom. The van der Waals surface area contributed by atoms with Crippen LogP contribution in [0.1, 0.15) is 88.4 Å². The van der Waals surface area contributed by atoms with Gasteiger partial charge in [0.25, 0.3) is 0 Å². The summed E-state index contributed by atoms with van der Waals surface area (Å²) in [7, 11) is 1.47. The number of carbonyl (C=O) groups excluding carboxylic acids is 2. The average Bonchev–Trinajstić information content (AvgIpc) is 2.99. The molecule has 0 fully saturated rings. The number of hydrogen-bond donors (Lipinski definition) is 0. The number of unbranched alkanes of at least 4 members (excludes halogenated alkanes) is 1. The highest BCUT2D eigenvalue weighted by molar-refractivity contribution is 7.99. The molecule has 0 amide bonds. The molecule has 0 aliphatic heterocycles. The molecule has 0 bridgehead atoms. The Balaban J connectivity index is 0. The number of rotatable bonds is 9. The van der Waals surface area contributed by atoms with Gasteiger partial charge in [-0.15, -0.1) is 0 Å². The van der Waals surface area contributed by atoms with Crippen molar-refractivity contribution in [2.45, 2.75) is 77.5 Å². The van der Waals surface area contributed by atoms with E-state index in [1.807, 2.05) is 102 Å². The van der Waals surface area contributed by atoms with E-state index in [2.05, 4.69) is 24.2 Å². The van der Waals surface area contributed by atoms with Crippen molar-refractivity contribution in [1.29, 1.82) is 0 Å². The van der Waals surface area contributed by atoms with Gasteiger partial charge in [-0.2, -0.15) is 0 Å². The van der Waals surface area contributed by atoms with E-state index in [9.17, 15) is 9.59 Å². The number of Topliss-reactive ketones (excluding diaryl/α,β-unsaturated/α-hetero) is 1. The first kappa shape index (κ1) is 36.0. The van der Waals surface area contributed by atoms with Crippen LogP contribution in [0, 0.1) is 0 Å². The Morgan fingerprint density at radius 1 is 0.784 bits per heavy atom. The highest BCUT2D eigenvalue weighted by Crippen LogP contribution is 2.27. The summed E-state index contributed by atoms with van der Waals surface area (Å²) >= 11 is 1.67. The lowest BCUT2D eigenvalue weighted by Crippen LogP contribution is -2.14. The van der Waals surface area contributed by atoms with Gasteiger partial charge in [-0.05, 0) is 49.2 Å². The molecule has 0 spiro atoms. The SMILES string of the molecule is CC.CC.CC.CCCC/C(=N/OC)C(=O)c1ccc(Sc2ccccc2)cc1.O=Cc1ccccc1. The van der Waals surface area contributed by atoms with E-state index >= 15 is 0 Å². The lowest BCUT2D eigenvalue weighted by Gasteiger charge is -2.06. The van der Waals surface area contributed by atoms with Crippen molar-refractivity contribution in [3.05, 3.63) is 96.1 Å². The number of hydrogen-bond acceptors (Lipinski definition) is 5. The van der Waals surface area contributed by atoms with E-state index in [0.717, 1.165) is 29.6 Å². The van der Waals surface area contributed by atoms with Crippen molar-refractivity contribution in [2.75, 3.05) is 7.11 Å². The van der Waals surface area contributed by atoms with Gasteiger partial charge < -0.3 is 4.84 Å². The molecule has 3 aromatic rings. The van der Waals surface area contributed by atoms with Crippen molar-refractivity contribution in [2.24, 2.45) is 5.16 Å². The maximum atomic E-state index is 12.5. The maximum Gasteiger partial charge on any atom is 0.210 e. The molecule has 0 N–H and O–H groups in total. The highest BCUT2D eigenvalue weighted by atomic mass is 32.2. The Kier molecular flexibility index (Phi) is 25.2. The summed E-state index contributed by atoms with van der Waals surface area (Å²) in [5.41, 5.74) is 1.86. The van der Waals surface area contributed by atoms with E-state index in [0.29, 0.717) is 17.7 Å². The van der Waals surface area contributed by atoms with Crippen molar-refractivity contribution < 1.29 is 14.4 Å². The summed E-state index contributed by atoms with van der Waals surface area (Å²) < 4.78 is 0. The Hall–Kier alpha value is -3.18. The molecule has 0 saturated carbocycles. The zero-order chi connectivity index (χ0) is 28.3. The van der Waals surface area contributed by atoms with Gasteiger partial charge in [-0.25, -0.2) is 0 Å². The van der Waals surface area contributed by atoms with Gasteiger partial charge in [0.15, 0.2) is 0 Å². The van der Waals surface area contributed by atoms with Gasteiger partial charge in [0.2, 0.25) is 5.78 Å². The van der Waals surface area contributed by atoms with Gasteiger partial charge in [-0.1, -0.05) is 120 Å². The molecule has 37 heavy (non-hydrogen) atoms. The second kappa shape index (κ2) is 25.9. The van der Waals surface area contributed by atoms with Crippen LogP contribution < -0.4 is 0 Å². The number of oxime groups is 1. The van der Waals surface area contributed by atoms with Crippen LogP contribution in [0.4, 0.5) is 0 Å². The lowest BCUT2D eigenvalue weighted by molar-refractivity contribution is 0.105. The largest absolute Gasteiger partial charge is 0.399 e. The fourth-order valence-corrected chi connectivity index (χ4v) is 3.49. The van der Waals surface area contributed by atoms with E-state index in [4.69, 9.17) is 4.84 Å². The predicted molar refractivity (Wildman–Crippen MR) is 161 cm³/mol. The molecule has 0 aliphatic rings. The molecule has 0 unspecified atom stereocenters. The Bertz CT molecular complexity index is 956. The number of nitrogens with zero attached hydrogens (tertiary/aromatic N) is 1. The van der Waals surface area contributed by atoms with Crippen molar-refractivity contribution >= 4 is 29.5 Å². The maximum absolute atomic E-state index is 12.5. The van der Waals surface area contributed by atoms with E-state index in [1.165, 1.54) is 12.0 Å². The number of ketones is 1. The van der Waals surface area contributed by atoms with Crippen LogP contribution in [0.15, 0.2) is 99.9 Å². The second-order valence-electron chi connectivity index (χ2n) is 6.62. The lowest BCUT2D eigenvalue weighted by atomic mass is 10.0. The van der Waals surface area contributed by atoms with Gasteiger partial charge >= 0.3 is 0 Å². The van der Waals surface area contributed by atoms with E-state index in [-0.39, 0.29) is 5.78 Å². The predicted octanol–water partition coefficient (Wildman–Crippen LogP) is 9.79. The molecular weight excluding hydrogens is 478 g/mol. The minimum Gasteiger partial charge on any atom is -0.399 e. The summed E-state index contributed by atoms with van der Waals surface area (Å²) in [5, 5.41) is 3.89. The van der Waals surface area contributed by atoms with Crippen LogP contribution in [0.3, 0.4) is 0 Å². The second-order valence-corrected chi connectivity index (χ2v) is 7.77. The minimum atomic E-state index is -0.0587. The van der Waals surface area contributed by atoms with Gasteiger partial charge in [0.05, 0.1) is 0 Å². The average molecular weight is 524 g/mol. The first-order chi connectivity index (χ1) is 18.2. The fraction of sp³-hybridized carbons (Fsp3) is 0.344. The third-order valence-corrected chi connectivity index (χ3v) is 5.28. The van der Waals surface area contributed by atoms with E-state index in [1.54, 1.807) is 23.9 Å². The molecule has 3 rings (SSSR count). The molecule has 0 heterocycles. The third kappa shape index (κ3) is 16.2. The highest BCUT2D eigenvalue weighted by Gasteiger charge is 2.14. The topological polar surface area (TPSA) is 55.7 Å². The number of carbonyl (C=O) groups is 2. The normalized spacial score (nSPS) is 9.35. The van der Waals surface area contributed by atoms with Gasteiger partial charge in [0.1, 0.15) is 19.1 Å². The van der Waals surface area contributed by atoms with Crippen molar-refractivity contribution in [1.82, 2.24) is 0 Å². The molecule has 3 aromatic carbocycles. The molecule has 4 nitrogen and oxygen atoms in total. The molecule has 5 heteroatoms. The van der Waals surface area contributed by atoms with E-state index < -0.39 is 0 Å². The summed E-state index contributed by atoms with van der Waals surface area (Å²) in [5.74, 6) is -0.0587. The van der Waals surface area contributed by atoms with Crippen LogP contribution in [0.5, 0.6) is 0 Å². The smallest absolute Gasteiger partial charge is 0.210 e. The standard InChI is InChI=1S/C19H21NO2S.C7H6O.3C2H6/c1-3-4-10-18(20-22-2)19(21)15-11-13-17(14-12-15)23-16-8-6-5-7-9-16;8-6-7-4-2-1-3-5-7;3*1-2/h5-9,11-14H,3-4,10H2,1-2H3;1-6H;3*1-2H3/b20-18-;;;;. The monoisotopic (exact) mass is 523 g/mol. The quantitative estimate of drug-likeness (QED) is 0.121. The van der Waals surface area contributed by atoms with Crippen LogP contribution in [0.2, 0.25) is 0 Å². The van der Waals surface area contributed by atoms with Crippen LogP contribution in [-0.4, -0.2) is 24.9 Å². The summed E-state index contributed by atoms with van der Waals surface area (Å²) in [4.78, 5) is 29.6. The molecule has 0 saturated heterocycles. The summed E-state index contributed by atoms with van der Waals surface area (Å²) in [6.07, 6.45) is 3.42. The Labute approximate surface area is 229 Å². The molecule has 0 aromatic heterocycles. The molecule has 202 valence electrons. The van der Waals surface area contributed by atoms with Crippen molar-refractivity contribution in [3.63, 3.8) is 0 Å². The van der Waals surface area contributed by atoms with Crippen molar-refractivity contribution in [3.8, 4) is 0 Å². The summed E-state index contributed by atoms with van der Waals surface area (Å²) in [6, 6.07) is 26.9. The fourth-order valence-electron chi connectivity index (χ4n) is 2.65. The molecular formula is C32H45NO3S. The molecule has 0 radical (unpaired) electrons. The molecule has 0 aliphatic carbocycles. The third-order valence-electron chi connectivity index (χ3n) is 4.26. The van der Waals surface area contributed by atoms with Crippen LogP contribution in [0.25, 0.3) is 0 Å². The Morgan fingerprint density at radius 3 is 1.70 bits per heavy atom. The van der Waals surface area contributed by atoms with Gasteiger partial charge in [-0.3, -0.25) is 9.59 Å². The minimum absolute atomic E-state index is 0.0587. The first-order valence-corrected chi connectivity index (χ1v) is 14.0. The van der Waals surface area contributed by atoms with Crippen LogP contribution in [-0.2, 0) is 4.84 Å². The van der Waals surface area contributed by atoms with Gasteiger partial charge in [0, 0.05) is 20.9 Å². The molecule has 0 atom stereocenters. The van der Waals surface area contributed by atoms with Crippen LogP contribution >= 0.6 is 11.8 Å². The number of aldehydes is 1. The zero-order valence-electron chi connectivity index (χ0n) is 23.9. The zero-order valence-corrected chi connectivity index (χ0v) is 24.7.